The molecule has 3 rings (SSSR count). The number of fused-ring (bicyclic) bond motifs is 1. The Morgan fingerprint density at radius 2 is 2.10 bits per heavy atom. The molecular formula is C14H17N3OS2. The first-order chi connectivity index (χ1) is 9.69. The Labute approximate surface area is 127 Å². The number of thioether (sulfide) groups is 1. The quantitative estimate of drug-likeness (QED) is 0.868. The minimum Gasteiger partial charge on any atom is -0.376 e. The highest BCUT2D eigenvalue weighted by Gasteiger charge is 2.33. The van der Waals surface area contributed by atoms with Crippen molar-refractivity contribution in [2.45, 2.75) is 22.1 Å². The van der Waals surface area contributed by atoms with Gasteiger partial charge < -0.3 is 9.64 Å². The van der Waals surface area contributed by atoms with Gasteiger partial charge in [0.15, 0.2) is 4.34 Å². The average molecular weight is 307 g/mol. The van der Waals surface area contributed by atoms with E-state index in [2.05, 4.69) is 34.5 Å². The van der Waals surface area contributed by atoms with Gasteiger partial charge in [0.2, 0.25) is 5.13 Å². The van der Waals surface area contributed by atoms with Crippen LogP contribution in [0.25, 0.3) is 0 Å². The van der Waals surface area contributed by atoms with Crippen LogP contribution in [0.15, 0.2) is 28.6 Å². The number of benzene rings is 1. The van der Waals surface area contributed by atoms with Crippen LogP contribution < -0.4 is 4.90 Å². The predicted octanol–water partition coefficient (Wildman–Crippen LogP) is 3.01. The third kappa shape index (κ3) is 2.55. The molecule has 1 aliphatic rings. The molecule has 106 valence electrons. The van der Waals surface area contributed by atoms with Crippen molar-refractivity contribution in [1.29, 1.82) is 0 Å². The fourth-order valence-electron chi connectivity index (χ4n) is 2.46. The second-order valence-electron chi connectivity index (χ2n) is 4.96. The van der Waals surface area contributed by atoms with Gasteiger partial charge in [0.05, 0.1) is 6.10 Å². The maximum Gasteiger partial charge on any atom is 0.208 e. The Morgan fingerprint density at radius 1 is 1.30 bits per heavy atom. The first kappa shape index (κ1) is 13.9. The highest BCUT2D eigenvalue weighted by Crippen LogP contribution is 2.44. The van der Waals surface area contributed by atoms with Crippen LogP contribution >= 0.6 is 23.1 Å². The molecule has 0 saturated heterocycles. The van der Waals surface area contributed by atoms with Gasteiger partial charge in [-0.05, 0) is 17.5 Å². The Bertz CT molecular complexity index is 600. The highest BCUT2D eigenvalue weighted by molar-refractivity contribution is 8.01. The summed E-state index contributed by atoms with van der Waals surface area (Å²) in [4.78, 5) is 1.99. The maximum absolute atomic E-state index is 5.70. The summed E-state index contributed by atoms with van der Waals surface area (Å²) < 4.78 is 6.71. The van der Waals surface area contributed by atoms with E-state index in [4.69, 9.17) is 4.74 Å². The Morgan fingerprint density at radius 3 is 2.80 bits per heavy atom. The highest BCUT2D eigenvalue weighted by atomic mass is 32.2. The van der Waals surface area contributed by atoms with E-state index in [1.807, 2.05) is 19.0 Å². The number of hydrogen-bond donors (Lipinski definition) is 0. The molecule has 0 radical (unpaired) electrons. The van der Waals surface area contributed by atoms with E-state index in [0.717, 1.165) is 15.9 Å². The molecule has 1 aromatic carbocycles. The zero-order valence-electron chi connectivity index (χ0n) is 11.7. The topological polar surface area (TPSA) is 38.3 Å². The molecule has 2 aromatic rings. The molecule has 4 nitrogen and oxygen atoms in total. The van der Waals surface area contributed by atoms with Crippen LogP contribution in [0.2, 0.25) is 0 Å². The van der Waals surface area contributed by atoms with Gasteiger partial charge in [-0.1, -0.05) is 47.4 Å². The fraction of sp³-hybridized carbons (Fsp3) is 0.429. The largest absolute Gasteiger partial charge is 0.376 e. The third-order valence-corrected chi connectivity index (χ3v) is 5.83. The normalized spacial score (nSPS) is 20.9. The van der Waals surface area contributed by atoms with Crippen molar-refractivity contribution in [3.05, 3.63) is 35.4 Å². The molecule has 0 N–H and O–H groups in total. The lowest BCUT2D eigenvalue weighted by Gasteiger charge is -2.17. The molecule has 0 saturated carbocycles. The molecule has 0 bridgehead atoms. The van der Waals surface area contributed by atoms with Crippen molar-refractivity contribution >= 4 is 28.2 Å². The molecule has 0 amide bonds. The number of rotatable bonds is 4. The lowest BCUT2D eigenvalue weighted by Crippen LogP contribution is -2.11. The summed E-state index contributed by atoms with van der Waals surface area (Å²) in [6, 6.07) is 8.52. The van der Waals surface area contributed by atoms with E-state index < -0.39 is 0 Å². The van der Waals surface area contributed by atoms with Crippen LogP contribution in [0.4, 0.5) is 5.13 Å². The van der Waals surface area contributed by atoms with Crippen LogP contribution in [-0.2, 0) is 11.2 Å². The van der Waals surface area contributed by atoms with E-state index in [1.165, 1.54) is 11.1 Å². The summed E-state index contributed by atoms with van der Waals surface area (Å²) in [7, 11) is 5.75. The summed E-state index contributed by atoms with van der Waals surface area (Å²) in [6.45, 7) is 0. The minimum absolute atomic E-state index is 0.142. The number of ether oxygens (including phenoxy) is 1. The van der Waals surface area contributed by atoms with Crippen molar-refractivity contribution in [3.63, 3.8) is 0 Å². The molecule has 0 spiro atoms. The molecule has 1 heterocycles. The van der Waals surface area contributed by atoms with Gasteiger partial charge >= 0.3 is 0 Å². The fourth-order valence-corrected chi connectivity index (χ4v) is 4.74. The van der Waals surface area contributed by atoms with Gasteiger partial charge in [0.25, 0.3) is 0 Å². The SMILES string of the molecule is CO[C@H]1c2ccccc2C[C@H]1Sc1nnc(N(C)C)s1. The first-order valence-corrected chi connectivity index (χ1v) is 8.16. The van der Waals surface area contributed by atoms with Crippen molar-refractivity contribution in [2.24, 2.45) is 0 Å². The van der Waals surface area contributed by atoms with Crippen LogP contribution in [0.5, 0.6) is 0 Å². The summed E-state index contributed by atoms with van der Waals surface area (Å²) in [6.07, 6.45) is 1.17. The number of aromatic nitrogens is 2. The molecule has 2 atom stereocenters. The van der Waals surface area contributed by atoms with E-state index in [-0.39, 0.29) is 6.10 Å². The summed E-state index contributed by atoms with van der Waals surface area (Å²) in [5.74, 6) is 0. The maximum atomic E-state index is 5.70. The standard InChI is InChI=1S/C14H17N3OS2/c1-17(2)13-15-16-14(20-13)19-11-8-9-6-4-5-7-10(9)12(11)18-3/h4-7,11-12H,8H2,1-3H3/t11-,12+/m1/s1. The molecule has 1 aromatic heterocycles. The van der Waals surface area contributed by atoms with Crippen molar-refractivity contribution in [3.8, 4) is 0 Å². The molecule has 6 heteroatoms. The van der Waals surface area contributed by atoms with Gasteiger partial charge in [0, 0.05) is 26.5 Å². The Hall–Kier alpha value is -1.11. The van der Waals surface area contributed by atoms with E-state index >= 15 is 0 Å². The second kappa shape index (κ2) is 5.71. The van der Waals surface area contributed by atoms with Crippen molar-refractivity contribution in [2.75, 3.05) is 26.1 Å². The van der Waals surface area contributed by atoms with Crippen LogP contribution in [0.3, 0.4) is 0 Å². The Kier molecular flexibility index (Phi) is 3.96. The van der Waals surface area contributed by atoms with Gasteiger partial charge in [0.1, 0.15) is 0 Å². The monoisotopic (exact) mass is 307 g/mol. The lowest BCUT2D eigenvalue weighted by molar-refractivity contribution is 0.109. The van der Waals surface area contributed by atoms with Crippen LogP contribution in [-0.4, -0.2) is 36.7 Å². The molecule has 0 aliphatic heterocycles. The third-order valence-electron chi connectivity index (χ3n) is 3.40. The smallest absolute Gasteiger partial charge is 0.208 e. The summed E-state index contributed by atoms with van der Waals surface area (Å²) in [5, 5.41) is 9.77. The molecular weight excluding hydrogens is 290 g/mol. The lowest BCUT2D eigenvalue weighted by atomic mass is 10.1. The average Bonchev–Trinajstić information content (AvgIpc) is 3.02. The second-order valence-corrected chi connectivity index (χ2v) is 7.40. The summed E-state index contributed by atoms with van der Waals surface area (Å²) >= 11 is 3.40. The zero-order valence-corrected chi connectivity index (χ0v) is 13.4. The van der Waals surface area contributed by atoms with Crippen LogP contribution in [0, 0.1) is 0 Å². The minimum atomic E-state index is 0.142. The molecule has 20 heavy (non-hydrogen) atoms. The molecule has 0 fully saturated rings. The number of hydrogen-bond acceptors (Lipinski definition) is 6. The van der Waals surface area contributed by atoms with Crippen LogP contribution in [0.1, 0.15) is 17.2 Å². The van der Waals surface area contributed by atoms with Gasteiger partial charge in [-0.15, -0.1) is 10.2 Å². The first-order valence-electron chi connectivity index (χ1n) is 6.47. The van der Waals surface area contributed by atoms with Crippen molar-refractivity contribution < 1.29 is 4.74 Å². The molecule has 1 aliphatic carbocycles. The zero-order chi connectivity index (χ0) is 14.1. The van der Waals surface area contributed by atoms with E-state index in [0.29, 0.717) is 5.25 Å². The Balaban J connectivity index is 1.78. The number of methoxy groups -OCH3 is 1. The van der Waals surface area contributed by atoms with Gasteiger partial charge in [-0.3, -0.25) is 0 Å². The van der Waals surface area contributed by atoms with Gasteiger partial charge in [-0.25, -0.2) is 0 Å². The van der Waals surface area contributed by atoms with Gasteiger partial charge in [-0.2, -0.15) is 0 Å². The van der Waals surface area contributed by atoms with Crippen molar-refractivity contribution in [1.82, 2.24) is 10.2 Å². The predicted molar refractivity (Wildman–Crippen MR) is 83.8 cm³/mol. The van der Waals surface area contributed by atoms with E-state index in [1.54, 1.807) is 30.2 Å². The number of nitrogens with zero attached hydrogens (tertiary/aromatic N) is 3. The molecule has 0 unspecified atom stereocenters. The van der Waals surface area contributed by atoms with E-state index in [9.17, 15) is 0 Å². The number of anilines is 1. The summed E-state index contributed by atoms with van der Waals surface area (Å²) in [5.41, 5.74) is 2.69.